The van der Waals surface area contributed by atoms with Gasteiger partial charge in [-0.2, -0.15) is 0 Å². The molecule has 0 bridgehead atoms. The largest absolute Gasteiger partial charge is 0.310 e. The molecule has 1 unspecified atom stereocenters. The molecule has 0 saturated carbocycles. The molecule has 0 saturated heterocycles. The van der Waals surface area contributed by atoms with Gasteiger partial charge in [-0.25, -0.2) is 0 Å². The second-order valence-corrected chi connectivity index (χ2v) is 5.09. The summed E-state index contributed by atoms with van der Waals surface area (Å²) in [6.45, 7) is 7.65. The normalized spacial score (nSPS) is 12.6. The highest BCUT2D eigenvalue weighted by Crippen LogP contribution is 2.20. The Hall–Kier alpha value is -0.890. The monoisotopic (exact) mass is 248 g/mol. The molecule has 1 aromatic rings. The van der Waals surface area contributed by atoms with Crippen LogP contribution in [0.3, 0.4) is 0 Å². The van der Waals surface area contributed by atoms with E-state index in [-0.39, 0.29) is 0 Å². The fraction of sp³-hybridized carbons (Fsp3) is 0.688. The van der Waals surface area contributed by atoms with E-state index in [0.717, 1.165) is 12.2 Å². The van der Waals surface area contributed by atoms with E-state index in [1.165, 1.54) is 44.1 Å². The molecule has 2 nitrogen and oxygen atoms in total. The van der Waals surface area contributed by atoms with Gasteiger partial charge in [0, 0.05) is 17.9 Å². The highest BCUT2D eigenvalue weighted by Gasteiger charge is 2.10. The van der Waals surface area contributed by atoms with Crippen molar-refractivity contribution >= 4 is 0 Å². The summed E-state index contributed by atoms with van der Waals surface area (Å²) in [7, 11) is 0. The lowest BCUT2D eigenvalue weighted by Crippen LogP contribution is -2.22. The topological polar surface area (TPSA) is 24.9 Å². The van der Waals surface area contributed by atoms with E-state index < -0.39 is 0 Å². The Balaban J connectivity index is 2.54. The molecule has 0 aliphatic rings. The molecule has 0 aliphatic heterocycles. The summed E-state index contributed by atoms with van der Waals surface area (Å²) in [6.07, 6.45) is 9.69. The minimum absolute atomic E-state index is 0.503. The van der Waals surface area contributed by atoms with Crippen LogP contribution in [0.1, 0.15) is 69.7 Å². The average Bonchev–Trinajstić information content (AvgIpc) is 2.38. The van der Waals surface area contributed by atoms with Gasteiger partial charge in [-0.05, 0) is 44.0 Å². The van der Waals surface area contributed by atoms with Crippen molar-refractivity contribution < 1.29 is 0 Å². The first-order valence-electron chi connectivity index (χ1n) is 7.43. The molecule has 102 valence electrons. The number of nitrogens with one attached hydrogen (secondary N) is 1. The highest BCUT2D eigenvalue weighted by atomic mass is 14.9. The fourth-order valence-corrected chi connectivity index (χ4v) is 2.26. The molecule has 0 amide bonds. The van der Waals surface area contributed by atoms with Crippen molar-refractivity contribution in [1.82, 2.24) is 10.3 Å². The molecular weight excluding hydrogens is 220 g/mol. The van der Waals surface area contributed by atoms with E-state index in [0.29, 0.717) is 6.04 Å². The van der Waals surface area contributed by atoms with Crippen LogP contribution in [-0.2, 0) is 0 Å². The van der Waals surface area contributed by atoms with Gasteiger partial charge in [-0.15, -0.1) is 0 Å². The van der Waals surface area contributed by atoms with Gasteiger partial charge in [0.2, 0.25) is 0 Å². The zero-order valence-corrected chi connectivity index (χ0v) is 12.2. The summed E-state index contributed by atoms with van der Waals surface area (Å²) in [5, 5.41) is 3.66. The molecule has 1 N–H and O–H groups in total. The highest BCUT2D eigenvalue weighted by molar-refractivity contribution is 5.19. The number of aromatic nitrogens is 1. The molecule has 0 aromatic carbocycles. The summed E-state index contributed by atoms with van der Waals surface area (Å²) >= 11 is 0. The second kappa shape index (κ2) is 9.09. The van der Waals surface area contributed by atoms with Crippen molar-refractivity contribution in [3.8, 4) is 0 Å². The van der Waals surface area contributed by atoms with Crippen LogP contribution in [0.4, 0.5) is 0 Å². The number of aryl methyl sites for hydroxylation is 1. The SMILES string of the molecule is CCCCCCC(NCCC)c1ccnc(C)c1. The van der Waals surface area contributed by atoms with Gasteiger partial charge in [0.1, 0.15) is 0 Å². The molecule has 18 heavy (non-hydrogen) atoms. The zero-order valence-electron chi connectivity index (χ0n) is 12.2. The Kier molecular flexibility index (Phi) is 7.66. The first kappa shape index (κ1) is 15.2. The van der Waals surface area contributed by atoms with Crippen molar-refractivity contribution in [3.05, 3.63) is 29.6 Å². The van der Waals surface area contributed by atoms with Crippen LogP contribution in [0.5, 0.6) is 0 Å². The number of hydrogen-bond acceptors (Lipinski definition) is 2. The minimum Gasteiger partial charge on any atom is -0.310 e. The van der Waals surface area contributed by atoms with Crippen molar-refractivity contribution in [2.45, 2.75) is 65.3 Å². The van der Waals surface area contributed by atoms with Crippen LogP contribution in [0.15, 0.2) is 18.3 Å². The second-order valence-electron chi connectivity index (χ2n) is 5.09. The quantitative estimate of drug-likeness (QED) is 0.655. The van der Waals surface area contributed by atoms with Gasteiger partial charge in [0.15, 0.2) is 0 Å². The number of unbranched alkanes of at least 4 members (excludes halogenated alkanes) is 3. The Morgan fingerprint density at radius 3 is 2.67 bits per heavy atom. The van der Waals surface area contributed by atoms with E-state index >= 15 is 0 Å². The fourth-order valence-electron chi connectivity index (χ4n) is 2.26. The van der Waals surface area contributed by atoms with Crippen LogP contribution < -0.4 is 5.32 Å². The molecule has 0 aliphatic carbocycles. The first-order chi connectivity index (χ1) is 8.77. The number of hydrogen-bond donors (Lipinski definition) is 1. The maximum absolute atomic E-state index is 4.28. The van der Waals surface area contributed by atoms with Crippen molar-refractivity contribution in [2.75, 3.05) is 6.54 Å². The summed E-state index contributed by atoms with van der Waals surface area (Å²) in [4.78, 5) is 4.28. The van der Waals surface area contributed by atoms with Crippen LogP contribution in [0, 0.1) is 6.92 Å². The van der Waals surface area contributed by atoms with Gasteiger partial charge in [-0.1, -0.05) is 39.5 Å². The van der Waals surface area contributed by atoms with E-state index in [1.54, 1.807) is 0 Å². The van der Waals surface area contributed by atoms with Crippen LogP contribution >= 0.6 is 0 Å². The maximum atomic E-state index is 4.28. The van der Waals surface area contributed by atoms with E-state index in [4.69, 9.17) is 0 Å². The van der Waals surface area contributed by atoms with Gasteiger partial charge in [0.25, 0.3) is 0 Å². The molecule has 0 fully saturated rings. The predicted molar refractivity (Wildman–Crippen MR) is 78.8 cm³/mol. The van der Waals surface area contributed by atoms with Crippen LogP contribution in [0.25, 0.3) is 0 Å². The third-order valence-corrected chi connectivity index (χ3v) is 3.31. The zero-order chi connectivity index (χ0) is 13.2. The lowest BCUT2D eigenvalue weighted by atomic mass is 10.00. The minimum atomic E-state index is 0.503. The molecule has 1 rings (SSSR count). The third-order valence-electron chi connectivity index (χ3n) is 3.31. The molecular formula is C16H28N2. The molecule has 0 radical (unpaired) electrons. The average molecular weight is 248 g/mol. The molecule has 1 atom stereocenters. The first-order valence-corrected chi connectivity index (χ1v) is 7.43. The predicted octanol–water partition coefficient (Wildman–Crippen LogP) is 4.40. The van der Waals surface area contributed by atoms with Crippen LogP contribution in [0.2, 0.25) is 0 Å². The van der Waals surface area contributed by atoms with Gasteiger partial charge < -0.3 is 5.32 Å². The third kappa shape index (κ3) is 5.63. The number of nitrogens with zero attached hydrogens (tertiary/aromatic N) is 1. The molecule has 1 aromatic heterocycles. The Bertz CT molecular complexity index is 323. The summed E-state index contributed by atoms with van der Waals surface area (Å²) in [5.74, 6) is 0. The maximum Gasteiger partial charge on any atom is 0.0375 e. The van der Waals surface area contributed by atoms with Crippen molar-refractivity contribution in [2.24, 2.45) is 0 Å². The lowest BCUT2D eigenvalue weighted by Gasteiger charge is -2.19. The number of pyridine rings is 1. The van der Waals surface area contributed by atoms with Gasteiger partial charge in [0.05, 0.1) is 0 Å². The molecule has 2 heteroatoms. The summed E-state index contributed by atoms with van der Waals surface area (Å²) < 4.78 is 0. The van der Waals surface area contributed by atoms with Crippen molar-refractivity contribution in [1.29, 1.82) is 0 Å². The number of rotatable bonds is 9. The smallest absolute Gasteiger partial charge is 0.0375 e. The molecule has 1 heterocycles. The Morgan fingerprint density at radius 1 is 1.17 bits per heavy atom. The van der Waals surface area contributed by atoms with E-state index in [2.05, 4.69) is 43.2 Å². The summed E-state index contributed by atoms with van der Waals surface area (Å²) in [5.41, 5.74) is 2.51. The van der Waals surface area contributed by atoms with Crippen LogP contribution in [-0.4, -0.2) is 11.5 Å². The van der Waals surface area contributed by atoms with Crippen molar-refractivity contribution in [3.63, 3.8) is 0 Å². The Labute approximate surface area is 112 Å². The van der Waals surface area contributed by atoms with E-state index in [1.807, 2.05) is 6.20 Å². The standard InChI is InChI=1S/C16H28N2/c1-4-6-7-8-9-16(18-11-5-2)15-10-12-17-14(3)13-15/h10,12-13,16,18H,4-9,11H2,1-3H3. The van der Waals surface area contributed by atoms with Gasteiger partial charge in [-0.3, -0.25) is 4.98 Å². The van der Waals surface area contributed by atoms with Gasteiger partial charge >= 0.3 is 0 Å². The van der Waals surface area contributed by atoms with E-state index in [9.17, 15) is 0 Å². The lowest BCUT2D eigenvalue weighted by molar-refractivity contribution is 0.470. The summed E-state index contributed by atoms with van der Waals surface area (Å²) in [6, 6.07) is 4.87. The molecule has 0 spiro atoms. The Morgan fingerprint density at radius 2 is 2.00 bits per heavy atom.